The van der Waals surface area contributed by atoms with Gasteiger partial charge in [0.2, 0.25) is 0 Å². The van der Waals surface area contributed by atoms with Gasteiger partial charge < -0.3 is 13.8 Å². The second-order valence-corrected chi connectivity index (χ2v) is 7.49. The Morgan fingerprint density at radius 2 is 1.76 bits per heavy atom. The van der Waals surface area contributed by atoms with Gasteiger partial charge in [-0.1, -0.05) is 77.6 Å². The fraction of sp³-hybridized carbons (Fsp3) is 0.227. The zero-order valence-corrected chi connectivity index (χ0v) is 17.0. The maximum absolute atomic E-state index is 5.49. The first-order valence-electron chi connectivity index (χ1n) is 9.42. The highest BCUT2D eigenvalue weighted by Gasteiger charge is 2.15. The molecule has 0 bridgehead atoms. The monoisotopic (exact) mass is 406 g/mol. The van der Waals surface area contributed by atoms with Gasteiger partial charge in [-0.3, -0.25) is 0 Å². The average Bonchev–Trinajstić information content (AvgIpc) is 3.39. The van der Waals surface area contributed by atoms with Gasteiger partial charge >= 0.3 is 0 Å². The summed E-state index contributed by atoms with van der Waals surface area (Å²) in [5, 5.41) is 13.9. The Bertz CT molecular complexity index is 1030. The van der Waals surface area contributed by atoms with Gasteiger partial charge in [0.05, 0.1) is 12.3 Å². The average molecular weight is 407 g/mol. The van der Waals surface area contributed by atoms with Crippen LogP contribution in [0, 0.1) is 0 Å². The summed E-state index contributed by atoms with van der Waals surface area (Å²) in [6.45, 7) is 1.32. The van der Waals surface area contributed by atoms with Gasteiger partial charge in [0.25, 0.3) is 0 Å². The van der Waals surface area contributed by atoms with E-state index in [1.165, 1.54) is 5.56 Å². The first kappa shape index (κ1) is 19.4. The number of hydrogen-bond acceptors (Lipinski definition) is 6. The van der Waals surface area contributed by atoms with E-state index in [1.807, 2.05) is 54.6 Å². The lowest BCUT2D eigenvalue weighted by atomic mass is 10.1. The second-order valence-electron chi connectivity index (χ2n) is 6.54. The van der Waals surface area contributed by atoms with Crippen LogP contribution >= 0.6 is 11.8 Å². The van der Waals surface area contributed by atoms with Crippen LogP contribution in [0.5, 0.6) is 0 Å². The van der Waals surface area contributed by atoms with Gasteiger partial charge in [0.15, 0.2) is 10.9 Å². The summed E-state index contributed by atoms with van der Waals surface area (Å²) in [5.41, 5.74) is 3.10. The number of methoxy groups -OCH3 is 1. The smallest absolute Gasteiger partial charge is 0.191 e. The third kappa shape index (κ3) is 4.93. The number of thioether (sulfide) groups is 1. The van der Waals surface area contributed by atoms with E-state index in [2.05, 4.69) is 32.1 Å². The highest BCUT2D eigenvalue weighted by molar-refractivity contribution is 7.98. The molecule has 148 valence electrons. The van der Waals surface area contributed by atoms with Gasteiger partial charge in [0, 0.05) is 37.5 Å². The Morgan fingerprint density at radius 3 is 2.52 bits per heavy atom. The molecule has 0 amide bonds. The van der Waals surface area contributed by atoms with Crippen LogP contribution in [0.1, 0.15) is 17.1 Å². The van der Waals surface area contributed by atoms with Crippen molar-refractivity contribution in [1.29, 1.82) is 0 Å². The molecule has 0 spiro atoms. The minimum absolute atomic E-state index is 0.607. The van der Waals surface area contributed by atoms with Crippen LogP contribution in [0.4, 0.5) is 0 Å². The van der Waals surface area contributed by atoms with Crippen molar-refractivity contribution in [3.05, 3.63) is 83.8 Å². The van der Waals surface area contributed by atoms with Gasteiger partial charge in [0.1, 0.15) is 5.82 Å². The molecular formula is C22H22N4O2S. The number of ether oxygens (including phenoxy) is 1. The summed E-state index contributed by atoms with van der Waals surface area (Å²) in [6, 6.07) is 22.2. The van der Waals surface area contributed by atoms with E-state index in [9.17, 15) is 0 Å². The van der Waals surface area contributed by atoms with Crippen molar-refractivity contribution in [2.75, 3.05) is 13.7 Å². The summed E-state index contributed by atoms with van der Waals surface area (Å²) >= 11 is 1.60. The number of nitrogens with zero attached hydrogens (tertiary/aromatic N) is 4. The zero-order chi connectivity index (χ0) is 19.9. The third-order valence-electron chi connectivity index (χ3n) is 4.48. The topological polar surface area (TPSA) is 66.0 Å². The van der Waals surface area contributed by atoms with Gasteiger partial charge in [-0.15, -0.1) is 10.2 Å². The first-order chi connectivity index (χ1) is 14.3. The molecule has 4 aromatic rings. The van der Waals surface area contributed by atoms with Crippen molar-refractivity contribution in [2.24, 2.45) is 0 Å². The third-order valence-corrected chi connectivity index (χ3v) is 5.48. The largest absolute Gasteiger partial charge is 0.383 e. The van der Waals surface area contributed by atoms with Gasteiger partial charge in [-0.25, -0.2) is 0 Å². The normalized spacial score (nSPS) is 11.1. The van der Waals surface area contributed by atoms with Crippen LogP contribution in [-0.2, 0) is 23.5 Å². The molecule has 0 N–H and O–H groups in total. The molecule has 2 heterocycles. The molecule has 2 aromatic heterocycles. The minimum Gasteiger partial charge on any atom is -0.383 e. The fourth-order valence-corrected chi connectivity index (χ4v) is 3.86. The van der Waals surface area contributed by atoms with Crippen molar-refractivity contribution in [3.63, 3.8) is 0 Å². The van der Waals surface area contributed by atoms with E-state index in [0.717, 1.165) is 34.4 Å². The first-order valence-corrected chi connectivity index (χ1v) is 10.4. The molecular weight excluding hydrogens is 384 g/mol. The Morgan fingerprint density at radius 1 is 1.00 bits per heavy atom. The van der Waals surface area contributed by atoms with Crippen LogP contribution in [-0.4, -0.2) is 33.6 Å². The fourth-order valence-electron chi connectivity index (χ4n) is 3.00. The standard InChI is InChI=1S/C22H22N4O2S/c1-27-13-12-26-21(14-17-8-4-2-5-9-17)23-24-22(26)29-16-19-15-20(28-25-19)18-10-6-3-7-11-18/h2-11,15H,12-14,16H2,1H3. The van der Waals surface area contributed by atoms with Crippen molar-refractivity contribution < 1.29 is 9.26 Å². The summed E-state index contributed by atoms with van der Waals surface area (Å²) < 4.78 is 12.9. The molecule has 0 unspecified atom stereocenters. The van der Waals surface area contributed by atoms with E-state index in [0.29, 0.717) is 18.9 Å². The molecule has 6 nitrogen and oxygen atoms in total. The molecule has 0 aliphatic heterocycles. The molecule has 0 atom stereocenters. The van der Waals surface area contributed by atoms with Crippen molar-refractivity contribution in [3.8, 4) is 11.3 Å². The second kappa shape index (κ2) is 9.54. The van der Waals surface area contributed by atoms with E-state index < -0.39 is 0 Å². The van der Waals surface area contributed by atoms with E-state index in [-0.39, 0.29) is 0 Å². The predicted molar refractivity (Wildman–Crippen MR) is 113 cm³/mol. The Labute approximate surface area is 173 Å². The summed E-state index contributed by atoms with van der Waals surface area (Å²) in [7, 11) is 1.70. The molecule has 0 saturated carbocycles. The molecule has 29 heavy (non-hydrogen) atoms. The Hall–Kier alpha value is -2.90. The number of rotatable bonds is 9. The SMILES string of the molecule is COCCn1c(Cc2ccccc2)nnc1SCc1cc(-c2ccccc2)on1. The molecule has 0 fully saturated rings. The van der Waals surface area contributed by atoms with Crippen molar-refractivity contribution in [1.82, 2.24) is 19.9 Å². The maximum atomic E-state index is 5.49. The minimum atomic E-state index is 0.607. The molecule has 0 radical (unpaired) electrons. The molecule has 7 heteroatoms. The molecule has 2 aromatic carbocycles. The summed E-state index contributed by atoms with van der Waals surface area (Å²) in [5.74, 6) is 2.36. The van der Waals surface area contributed by atoms with Crippen LogP contribution in [0.3, 0.4) is 0 Å². The molecule has 0 aliphatic carbocycles. The van der Waals surface area contributed by atoms with E-state index >= 15 is 0 Å². The van der Waals surface area contributed by atoms with E-state index in [1.54, 1.807) is 18.9 Å². The lowest BCUT2D eigenvalue weighted by Gasteiger charge is -2.09. The molecule has 0 aliphatic rings. The number of aromatic nitrogens is 4. The van der Waals surface area contributed by atoms with Crippen molar-refractivity contribution >= 4 is 11.8 Å². The maximum Gasteiger partial charge on any atom is 0.191 e. The van der Waals surface area contributed by atoms with Gasteiger partial charge in [-0.2, -0.15) is 0 Å². The highest BCUT2D eigenvalue weighted by Crippen LogP contribution is 2.26. The molecule has 4 rings (SSSR count). The van der Waals surface area contributed by atoms with Crippen molar-refractivity contribution in [2.45, 2.75) is 23.9 Å². The summed E-state index contributed by atoms with van der Waals surface area (Å²) in [4.78, 5) is 0. The van der Waals surface area contributed by atoms with Gasteiger partial charge in [-0.05, 0) is 5.56 Å². The van der Waals surface area contributed by atoms with Crippen LogP contribution in [0.2, 0.25) is 0 Å². The summed E-state index contributed by atoms with van der Waals surface area (Å²) in [6.07, 6.45) is 0.736. The quantitative estimate of drug-likeness (QED) is 0.382. The molecule has 0 saturated heterocycles. The Kier molecular flexibility index (Phi) is 6.38. The van der Waals surface area contributed by atoms with Crippen LogP contribution in [0.15, 0.2) is 76.4 Å². The lowest BCUT2D eigenvalue weighted by Crippen LogP contribution is -2.10. The van der Waals surface area contributed by atoms with Crippen LogP contribution < -0.4 is 0 Å². The highest BCUT2D eigenvalue weighted by atomic mass is 32.2. The number of hydrogen-bond donors (Lipinski definition) is 0. The predicted octanol–water partition coefficient (Wildman–Crippen LogP) is 4.46. The van der Waals surface area contributed by atoms with Crippen LogP contribution in [0.25, 0.3) is 11.3 Å². The zero-order valence-electron chi connectivity index (χ0n) is 16.2. The number of benzene rings is 2. The van der Waals surface area contributed by atoms with E-state index in [4.69, 9.17) is 9.26 Å². The lowest BCUT2D eigenvalue weighted by molar-refractivity contribution is 0.184. The Balaban J connectivity index is 1.47.